The highest BCUT2D eigenvalue weighted by molar-refractivity contribution is 5.96. The second-order valence-corrected chi connectivity index (χ2v) is 5.54. The summed E-state index contributed by atoms with van der Waals surface area (Å²) in [5, 5.41) is 12.4. The molecule has 0 spiro atoms. The number of anilines is 1. The number of phenols is 1. The van der Waals surface area contributed by atoms with Crippen LogP contribution < -0.4 is 11.1 Å². The van der Waals surface area contributed by atoms with Crippen molar-refractivity contribution in [1.29, 1.82) is 0 Å². The van der Waals surface area contributed by atoms with Crippen LogP contribution in [0.15, 0.2) is 18.2 Å². The Morgan fingerprint density at radius 3 is 2.56 bits per heavy atom. The molecule has 0 saturated carbocycles. The minimum Gasteiger partial charge on any atom is -0.506 e. The third kappa shape index (κ3) is 3.47. The average molecular weight is 250 g/mol. The first-order valence-electron chi connectivity index (χ1n) is 6.14. The summed E-state index contributed by atoms with van der Waals surface area (Å²) < 4.78 is 0. The summed E-state index contributed by atoms with van der Waals surface area (Å²) in [4.78, 5) is 12.0. The predicted molar refractivity (Wildman–Crippen MR) is 73.5 cm³/mol. The van der Waals surface area contributed by atoms with Gasteiger partial charge in [-0.05, 0) is 29.5 Å². The van der Waals surface area contributed by atoms with Crippen molar-refractivity contribution in [2.75, 3.05) is 5.32 Å². The van der Waals surface area contributed by atoms with E-state index in [1.165, 1.54) is 0 Å². The molecule has 0 heterocycles. The van der Waals surface area contributed by atoms with E-state index in [0.29, 0.717) is 5.69 Å². The van der Waals surface area contributed by atoms with Crippen molar-refractivity contribution < 1.29 is 9.90 Å². The molecule has 1 aromatic rings. The number of amides is 1. The van der Waals surface area contributed by atoms with Crippen LogP contribution in [0, 0.1) is 5.41 Å². The first kappa shape index (κ1) is 14.5. The molecule has 18 heavy (non-hydrogen) atoms. The molecule has 4 nitrogen and oxygen atoms in total. The second kappa shape index (κ2) is 5.40. The molecule has 1 rings (SSSR count). The van der Waals surface area contributed by atoms with Gasteiger partial charge in [0.2, 0.25) is 5.91 Å². The van der Waals surface area contributed by atoms with Gasteiger partial charge < -0.3 is 16.2 Å². The zero-order chi connectivity index (χ0) is 13.9. The van der Waals surface area contributed by atoms with Gasteiger partial charge in [-0.2, -0.15) is 0 Å². The van der Waals surface area contributed by atoms with Gasteiger partial charge in [0.25, 0.3) is 0 Å². The van der Waals surface area contributed by atoms with Crippen LogP contribution in [0.25, 0.3) is 0 Å². The number of rotatable bonds is 3. The van der Waals surface area contributed by atoms with Gasteiger partial charge in [0.1, 0.15) is 5.75 Å². The standard InChI is InChI=1S/C14H22N2O2/c1-5-9-6-7-11(17)10(8-9)16-13(18)12(15)14(2,3)4/h6-8,12,17H,5,15H2,1-4H3,(H,16,18)/t12-/m1/s1. The van der Waals surface area contributed by atoms with E-state index in [1.54, 1.807) is 12.1 Å². The van der Waals surface area contributed by atoms with Gasteiger partial charge in [-0.15, -0.1) is 0 Å². The normalized spacial score (nSPS) is 13.2. The molecule has 4 heteroatoms. The largest absolute Gasteiger partial charge is 0.506 e. The molecule has 100 valence electrons. The maximum Gasteiger partial charge on any atom is 0.241 e. The Bertz CT molecular complexity index is 436. The Morgan fingerprint density at radius 1 is 1.44 bits per heavy atom. The minimum absolute atomic E-state index is 0.0571. The Hall–Kier alpha value is -1.55. The predicted octanol–water partition coefficient (Wildman–Crippen LogP) is 2.27. The van der Waals surface area contributed by atoms with Gasteiger partial charge in [-0.3, -0.25) is 4.79 Å². The zero-order valence-electron chi connectivity index (χ0n) is 11.4. The van der Waals surface area contributed by atoms with Crippen molar-refractivity contribution in [3.05, 3.63) is 23.8 Å². The minimum atomic E-state index is -0.623. The summed E-state index contributed by atoms with van der Waals surface area (Å²) in [6, 6.07) is 4.55. The summed E-state index contributed by atoms with van der Waals surface area (Å²) in [6.07, 6.45) is 0.842. The Kier molecular flexibility index (Phi) is 4.35. The Balaban J connectivity index is 2.88. The van der Waals surface area contributed by atoms with Gasteiger partial charge in [-0.25, -0.2) is 0 Å². The molecule has 0 saturated heterocycles. The van der Waals surface area contributed by atoms with Crippen LogP contribution in [0.5, 0.6) is 5.75 Å². The molecule has 0 bridgehead atoms. The number of carbonyl (C=O) groups is 1. The van der Waals surface area contributed by atoms with E-state index in [1.807, 2.05) is 33.8 Å². The zero-order valence-corrected chi connectivity index (χ0v) is 11.4. The van der Waals surface area contributed by atoms with Crippen LogP contribution in [0.4, 0.5) is 5.69 Å². The summed E-state index contributed by atoms with van der Waals surface area (Å²) in [5.74, 6) is -0.229. The fourth-order valence-corrected chi connectivity index (χ4v) is 1.51. The smallest absolute Gasteiger partial charge is 0.241 e. The van der Waals surface area contributed by atoms with E-state index in [0.717, 1.165) is 12.0 Å². The number of phenolic OH excluding ortho intramolecular Hbond substituents is 1. The monoisotopic (exact) mass is 250 g/mol. The molecule has 0 aromatic heterocycles. The van der Waals surface area contributed by atoms with E-state index < -0.39 is 6.04 Å². The maximum atomic E-state index is 12.0. The molecule has 1 amide bonds. The number of benzene rings is 1. The van der Waals surface area contributed by atoms with E-state index in [-0.39, 0.29) is 17.1 Å². The Labute approximate surface area is 108 Å². The number of carbonyl (C=O) groups excluding carboxylic acids is 1. The molecule has 1 aromatic carbocycles. The lowest BCUT2D eigenvalue weighted by Crippen LogP contribution is -2.45. The van der Waals surface area contributed by atoms with Crippen molar-refractivity contribution in [1.82, 2.24) is 0 Å². The summed E-state index contributed by atoms with van der Waals surface area (Å²) in [6.45, 7) is 7.72. The first-order valence-corrected chi connectivity index (χ1v) is 6.14. The molecular formula is C14H22N2O2. The number of nitrogens with one attached hydrogen (secondary N) is 1. The van der Waals surface area contributed by atoms with Gasteiger partial charge >= 0.3 is 0 Å². The molecule has 0 aliphatic carbocycles. The number of hydrogen-bond acceptors (Lipinski definition) is 3. The van der Waals surface area contributed by atoms with Gasteiger partial charge in [-0.1, -0.05) is 33.8 Å². The number of aryl methyl sites for hydroxylation is 1. The highest BCUT2D eigenvalue weighted by atomic mass is 16.3. The fraction of sp³-hybridized carbons (Fsp3) is 0.500. The van der Waals surface area contributed by atoms with Crippen molar-refractivity contribution >= 4 is 11.6 Å². The SMILES string of the molecule is CCc1ccc(O)c(NC(=O)[C@@H](N)C(C)(C)C)c1. The van der Waals surface area contributed by atoms with E-state index >= 15 is 0 Å². The molecule has 0 fully saturated rings. The average Bonchev–Trinajstić information content (AvgIpc) is 2.29. The lowest BCUT2D eigenvalue weighted by atomic mass is 9.87. The highest BCUT2D eigenvalue weighted by Crippen LogP contribution is 2.26. The molecule has 0 aliphatic heterocycles. The van der Waals surface area contributed by atoms with E-state index in [9.17, 15) is 9.90 Å². The van der Waals surface area contributed by atoms with Crippen molar-refractivity contribution in [3.8, 4) is 5.75 Å². The highest BCUT2D eigenvalue weighted by Gasteiger charge is 2.27. The van der Waals surface area contributed by atoms with Gasteiger partial charge in [0.15, 0.2) is 0 Å². The maximum absolute atomic E-state index is 12.0. The second-order valence-electron chi connectivity index (χ2n) is 5.54. The molecule has 0 radical (unpaired) electrons. The van der Waals surface area contributed by atoms with E-state index in [4.69, 9.17) is 5.73 Å². The third-order valence-electron chi connectivity index (χ3n) is 2.94. The summed E-state index contributed by atoms with van der Waals surface area (Å²) in [5.41, 5.74) is 7.02. The lowest BCUT2D eigenvalue weighted by Gasteiger charge is -2.26. The van der Waals surface area contributed by atoms with Crippen LogP contribution in [0.3, 0.4) is 0 Å². The number of nitrogens with two attached hydrogens (primary N) is 1. The first-order chi connectivity index (χ1) is 8.25. The third-order valence-corrected chi connectivity index (χ3v) is 2.94. The fourth-order valence-electron chi connectivity index (χ4n) is 1.51. The van der Waals surface area contributed by atoms with Crippen LogP contribution in [-0.4, -0.2) is 17.1 Å². The summed E-state index contributed by atoms with van der Waals surface area (Å²) >= 11 is 0. The number of aromatic hydroxyl groups is 1. The quantitative estimate of drug-likeness (QED) is 0.720. The molecule has 1 atom stereocenters. The molecule has 4 N–H and O–H groups in total. The molecular weight excluding hydrogens is 228 g/mol. The number of hydrogen-bond donors (Lipinski definition) is 3. The van der Waals surface area contributed by atoms with Gasteiger partial charge in [0.05, 0.1) is 11.7 Å². The van der Waals surface area contributed by atoms with E-state index in [2.05, 4.69) is 5.32 Å². The van der Waals surface area contributed by atoms with Crippen molar-refractivity contribution in [3.63, 3.8) is 0 Å². The lowest BCUT2D eigenvalue weighted by molar-refractivity contribution is -0.119. The van der Waals surface area contributed by atoms with Gasteiger partial charge in [0, 0.05) is 0 Å². The van der Waals surface area contributed by atoms with Crippen LogP contribution in [0.2, 0.25) is 0 Å². The Morgan fingerprint density at radius 2 is 2.06 bits per heavy atom. The van der Waals surface area contributed by atoms with Crippen LogP contribution in [0.1, 0.15) is 33.3 Å². The van der Waals surface area contributed by atoms with Crippen LogP contribution >= 0.6 is 0 Å². The molecule has 0 unspecified atom stereocenters. The van der Waals surface area contributed by atoms with Crippen molar-refractivity contribution in [2.24, 2.45) is 11.1 Å². The topological polar surface area (TPSA) is 75.3 Å². The summed E-state index contributed by atoms with van der Waals surface area (Å²) in [7, 11) is 0. The van der Waals surface area contributed by atoms with Crippen molar-refractivity contribution in [2.45, 2.75) is 40.2 Å². The van der Waals surface area contributed by atoms with Crippen LogP contribution in [-0.2, 0) is 11.2 Å². The molecule has 0 aliphatic rings.